The molecule has 172 valence electrons. The first-order chi connectivity index (χ1) is 15.2. The molecule has 1 saturated heterocycles. The number of hydrogen-bond acceptors (Lipinski definition) is 5. The molecule has 0 spiro atoms. The first-order valence-corrected chi connectivity index (χ1v) is 12.3. The predicted molar refractivity (Wildman–Crippen MR) is 123 cm³/mol. The van der Waals surface area contributed by atoms with Crippen molar-refractivity contribution in [3.8, 4) is 0 Å². The average Bonchev–Trinajstić information content (AvgIpc) is 2.77. The summed E-state index contributed by atoms with van der Waals surface area (Å²) in [6.07, 6.45) is 0.998. The van der Waals surface area contributed by atoms with Crippen molar-refractivity contribution in [2.75, 3.05) is 30.5 Å². The van der Waals surface area contributed by atoms with E-state index in [0.29, 0.717) is 43.2 Å². The Morgan fingerprint density at radius 2 is 1.78 bits per heavy atom. The molecule has 1 aliphatic rings. The van der Waals surface area contributed by atoms with Crippen LogP contribution in [0.4, 0.5) is 5.69 Å². The molecule has 1 fully saturated rings. The van der Waals surface area contributed by atoms with E-state index in [-0.39, 0.29) is 29.2 Å². The van der Waals surface area contributed by atoms with Crippen LogP contribution < -0.4 is 4.31 Å². The lowest BCUT2D eigenvalue weighted by Gasteiger charge is -2.33. The molecule has 0 aromatic heterocycles. The third kappa shape index (κ3) is 5.61. The van der Waals surface area contributed by atoms with E-state index >= 15 is 0 Å². The molecule has 1 aliphatic heterocycles. The highest BCUT2D eigenvalue weighted by molar-refractivity contribution is 7.92. The second-order valence-corrected chi connectivity index (χ2v) is 10.0. The normalized spacial score (nSPS) is 14.8. The van der Waals surface area contributed by atoms with Gasteiger partial charge in [0.2, 0.25) is 5.91 Å². The summed E-state index contributed by atoms with van der Waals surface area (Å²) in [5.41, 5.74) is 1.29. The first-order valence-electron chi connectivity index (χ1n) is 10.5. The monoisotopic (exact) mass is 478 g/mol. The Bertz CT molecular complexity index is 1060. The van der Waals surface area contributed by atoms with Gasteiger partial charge in [0.05, 0.1) is 23.1 Å². The van der Waals surface area contributed by atoms with Crippen LogP contribution in [0.3, 0.4) is 0 Å². The summed E-state index contributed by atoms with van der Waals surface area (Å²) >= 11 is 5.92. The molecule has 1 heterocycles. The molecular formula is C23H27ClN2O5S. The fourth-order valence-electron chi connectivity index (χ4n) is 3.68. The Labute approximate surface area is 194 Å². The summed E-state index contributed by atoms with van der Waals surface area (Å²) in [4.78, 5) is 26.7. The third-order valence-corrected chi connectivity index (χ3v) is 7.48. The zero-order chi connectivity index (χ0) is 23.3. The van der Waals surface area contributed by atoms with Crippen molar-refractivity contribution in [2.45, 2.75) is 31.6 Å². The molecule has 0 unspecified atom stereocenters. The number of ether oxygens (including phenoxy) is 1. The van der Waals surface area contributed by atoms with Gasteiger partial charge < -0.3 is 9.64 Å². The molecular weight excluding hydrogens is 452 g/mol. The highest BCUT2D eigenvalue weighted by Crippen LogP contribution is 2.26. The number of likely N-dealkylation sites (tertiary alicyclic amines) is 1. The summed E-state index contributed by atoms with van der Waals surface area (Å²) in [5.74, 6) is -0.790. The number of nitrogens with zero attached hydrogens (tertiary/aromatic N) is 2. The largest absolute Gasteiger partial charge is 0.466 e. The van der Waals surface area contributed by atoms with Crippen LogP contribution in [0.15, 0.2) is 53.4 Å². The quantitative estimate of drug-likeness (QED) is 0.567. The minimum Gasteiger partial charge on any atom is -0.466 e. The molecule has 0 N–H and O–H groups in total. The van der Waals surface area contributed by atoms with Crippen molar-refractivity contribution in [3.63, 3.8) is 0 Å². The van der Waals surface area contributed by atoms with Crippen LogP contribution in [0.1, 0.15) is 25.3 Å². The highest BCUT2D eigenvalue weighted by atomic mass is 35.5. The number of piperidine rings is 1. The zero-order valence-corrected chi connectivity index (χ0v) is 19.7. The lowest BCUT2D eigenvalue weighted by atomic mass is 9.97. The van der Waals surface area contributed by atoms with Crippen molar-refractivity contribution in [1.82, 2.24) is 4.90 Å². The maximum absolute atomic E-state index is 13.4. The molecule has 0 bridgehead atoms. The van der Waals surface area contributed by atoms with Gasteiger partial charge in [-0.05, 0) is 68.7 Å². The lowest BCUT2D eigenvalue weighted by molar-refractivity contribution is -0.151. The number of rotatable bonds is 7. The maximum atomic E-state index is 13.4. The van der Waals surface area contributed by atoms with E-state index < -0.39 is 10.0 Å². The van der Waals surface area contributed by atoms with Crippen LogP contribution in [-0.4, -0.2) is 51.4 Å². The summed E-state index contributed by atoms with van der Waals surface area (Å²) in [6.45, 7) is 4.37. The number of carbonyl (C=O) groups excluding carboxylic acids is 2. The van der Waals surface area contributed by atoms with Crippen molar-refractivity contribution >= 4 is 39.2 Å². The van der Waals surface area contributed by atoms with E-state index in [1.165, 1.54) is 24.3 Å². The van der Waals surface area contributed by atoms with Crippen LogP contribution >= 0.6 is 11.6 Å². The standard InChI is InChI=1S/C23H27ClN2O5S/c1-3-31-23(28)18-11-13-25(14-12-18)22(27)16-26(20-6-4-5-17(2)15-20)32(29,30)21-9-7-19(24)8-10-21/h4-10,15,18H,3,11-14,16H2,1-2H3. The Kier molecular flexibility index (Phi) is 7.79. The molecule has 32 heavy (non-hydrogen) atoms. The molecule has 0 saturated carbocycles. The van der Waals surface area contributed by atoms with E-state index in [1.807, 2.05) is 13.0 Å². The number of benzene rings is 2. The summed E-state index contributed by atoms with van der Waals surface area (Å²) in [5, 5.41) is 0.423. The van der Waals surface area contributed by atoms with Gasteiger partial charge in [-0.1, -0.05) is 23.7 Å². The number of amides is 1. The molecule has 3 rings (SSSR count). The summed E-state index contributed by atoms with van der Waals surface area (Å²) < 4.78 is 33.1. The fourth-order valence-corrected chi connectivity index (χ4v) is 5.21. The lowest BCUT2D eigenvalue weighted by Crippen LogP contribution is -2.46. The fraction of sp³-hybridized carbons (Fsp3) is 0.391. The van der Waals surface area contributed by atoms with E-state index in [1.54, 1.807) is 30.0 Å². The highest BCUT2D eigenvalue weighted by Gasteiger charge is 2.32. The number of halogens is 1. The third-order valence-electron chi connectivity index (χ3n) is 5.44. The van der Waals surface area contributed by atoms with Crippen LogP contribution in [0, 0.1) is 12.8 Å². The van der Waals surface area contributed by atoms with Crippen LogP contribution in [0.5, 0.6) is 0 Å². The Morgan fingerprint density at radius 3 is 2.38 bits per heavy atom. The smallest absolute Gasteiger partial charge is 0.309 e. The molecule has 9 heteroatoms. The van der Waals surface area contributed by atoms with Gasteiger partial charge in [0.15, 0.2) is 0 Å². The van der Waals surface area contributed by atoms with Crippen LogP contribution in [-0.2, 0) is 24.3 Å². The van der Waals surface area contributed by atoms with E-state index in [9.17, 15) is 18.0 Å². The van der Waals surface area contributed by atoms with Crippen molar-refractivity contribution in [2.24, 2.45) is 5.92 Å². The van der Waals surface area contributed by atoms with E-state index in [4.69, 9.17) is 16.3 Å². The summed E-state index contributed by atoms with van der Waals surface area (Å²) in [7, 11) is -4.00. The number of aryl methyl sites for hydroxylation is 1. The van der Waals surface area contributed by atoms with Gasteiger partial charge >= 0.3 is 5.97 Å². The summed E-state index contributed by atoms with van der Waals surface area (Å²) in [6, 6.07) is 12.9. The molecule has 2 aromatic rings. The Morgan fingerprint density at radius 1 is 1.12 bits per heavy atom. The van der Waals surface area contributed by atoms with Gasteiger partial charge in [0, 0.05) is 18.1 Å². The predicted octanol–water partition coefficient (Wildman–Crippen LogP) is 3.65. The average molecular weight is 479 g/mol. The molecule has 1 amide bonds. The first kappa shape index (κ1) is 24.1. The van der Waals surface area contributed by atoms with Crippen molar-refractivity contribution in [1.29, 1.82) is 0 Å². The maximum Gasteiger partial charge on any atom is 0.309 e. The van der Waals surface area contributed by atoms with Gasteiger partial charge in [-0.25, -0.2) is 8.42 Å². The molecule has 0 aliphatic carbocycles. The molecule has 7 nitrogen and oxygen atoms in total. The number of hydrogen-bond donors (Lipinski definition) is 0. The minimum atomic E-state index is -4.00. The number of sulfonamides is 1. The number of carbonyl (C=O) groups is 2. The second-order valence-electron chi connectivity index (χ2n) is 7.71. The van der Waals surface area contributed by atoms with E-state index in [2.05, 4.69) is 0 Å². The van der Waals surface area contributed by atoms with Crippen molar-refractivity contribution < 1.29 is 22.7 Å². The second kappa shape index (κ2) is 10.4. The number of anilines is 1. The Hall–Kier alpha value is -2.58. The SMILES string of the molecule is CCOC(=O)C1CCN(C(=O)CN(c2cccc(C)c2)S(=O)(=O)c2ccc(Cl)cc2)CC1. The van der Waals surface area contributed by atoms with Gasteiger partial charge in [0.1, 0.15) is 6.54 Å². The van der Waals surface area contributed by atoms with Gasteiger partial charge in [-0.2, -0.15) is 0 Å². The van der Waals surface area contributed by atoms with Crippen molar-refractivity contribution in [3.05, 3.63) is 59.1 Å². The van der Waals surface area contributed by atoms with Gasteiger partial charge in [-0.3, -0.25) is 13.9 Å². The molecule has 0 atom stereocenters. The van der Waals surface area contributed by atoms with E-state index in [0.717, 1.165) is 9.87 Å². The topological polar surface area (TPSA) is 84.0 Å². The minimum absolute atomic E-state index is 0.0530. The molecule has 0 radical (unpaired) electrons. The van der Waals surface area contributed by atoms with Gasteiger partial charge in [-0.15, -0.1) is 0 Å². The number of esters is 1. The molecule has 2 aromatic carbocycles. The van der Waals surface area contributed by atoms with Gasteiger partial charge in [0.25, 0.3) is 10.0 Å². The Balaban J connectivity index is 1.82. The zero-order valence-electron chi connectivity index (χ0n) is 18.2. The van der Waals surface area contributed by atoms with Crippen LogP contribution in [0.2, 0.25) is 5.02 Å². The van der Waals surface area contributed by atoms with Crippen LogP contribution in [0.25, 0.3) is 0 Å².